The molecule has 0 fully saturated rings. The van der Waals surface area contributed by atoms with Crippen LogP contribution in [-0.4, -0.2) is 14.5 Å². The molecule has 0 N–H and O–H groups in total. The van der Waals surface area contributed by atoms with E-state index in [0.717, 1.165) is 56.9 Å². The Morgan fingerprint density at radius 1 is 1.23 bits per heavy atom. The lowest BCUT2D eigenvalue weighted by atomic mass is 10.1. The van der Waals surface area contributed by atoms with E-state index in [1.165, 1.54) is 10.4 Å². The number of aromatic nitrogens is 3. The normalized spacial score (nSPS) is 13.6. The van der Waals surface area contributed by atoms with Crippen molar-refractivity contribution in [1.29, 1.82) is 0 Å². The molecule has 0 radical (unpaired) electrons. The molecular formula is C20H17N3OS2. The number of aryl methyl sites for hydroxylation is 2. The third-order valence-corrected chi connectivity index (χ3v) is 7.24. The van der Waals surface area contributed by atoms with Crippen molar-refractivity contribution in [3.63, 3.8) is 0 Å². The van der Waals surface area contributed by atoms with Gasteiger partial charge in [0.25, 0.3) is 5.56 Å². The van der Waals surface area contributed by atoms with E-state index < -0.39 is 0 Å². The molecule has 6 heteroatoms. The summed E-state index contributed by atoms with van der Waals surface area (Å²) < 4.78 is 1.71. The number of para-hydroxylation sites is 1. The standard InChI is InChI=1S/C20H17N3OS2/c1-23-19(24)16-14-8-3-9-15(14)26-18(16)22-20(23)25-11-13-6-2-5-12-7-4-10-21-17(12)13/h2,4-7,10H,3,8-9,11H2,1H3. The van der Waals surface area contributed by atoms with Crippen molar-refractivity contribution in [1.82, 2.24) is 14.5 Å². The van der Waals surface area contributed by atoms with Crippen molar-refractivity contribution in [2.75, 3.05) is 0 Å². The number of fused-ring (bicyclic) bond motifs is 4. The Morgan fingerprint density at radius 2 is 2.12 bits per heavy atom. The molecule has 0 aliphatic heterocycles. The van der Waals surface area contributed by atoms with Gasteiger partial charge in [0.15, 0.2) is 5.16 Å². The first-order chi connectivity index (χ1) is 12.7. The zero-order chi connectivity index (χ0) is 17.7. The van der Waals surface area contributed by atoms with Gasteiger partial charge in [0.05, 0.1) is 10.9 Å². The van der Waals surface area contributed by atoms with Gasteiger partial charge < -0.3 is 0 Å². The fourth-order valence-electron chi connectivity index (χ4n) is 3.66. The quantitative estimate of drug-likeness (QED) is 0.393. The molecule has 130 valence electrons. The molecule has 0 bridgehead atoms. The average Bonchev–Trinajstić information content (AvgIpc) is 3.24. The minimum absolute atomic E-state index is 0.0907. The van der Waals surface area contributed by atoms with Gasteiger partial charge in [0.1, 0.15) is 4.83 Å². The van der Waals surface area contributed by atoms with Crippen molar-refractivity contribution >= 4 is 44.2 Å². The van der Waals surface area contributed by atoms with Gasteiger partial charge in [-0.25, -0.2) is 4.98 Å². The molecule has 1 aliphatic rings. The van der Waals surface area contributed by atoms with Gasteiger partial charge >= 0.3 is 0 Å². The molecule has 3 aromatic heterocycles. The van der Waals surface area contributed by atoms with Crippen LogP contribution in [0.4, 0.5) is 0 Å². The van der Waals surface area contributed by atoms with Crippen molar-refractivity contribution in [3.05, 3.63) is 62.9 Å². The first-order valence-corrected chi connectivity index (χ1v) is 10.5. The fourth-order valence-corrected chi connectivity index (χ4v) is 5.92. The van der Waals surface area contributed by atoms with Crippen LogP contribution >= 0.6 is 23.1 Å². The first kappa shape index (κ1) is 16.0. The summed E-state index contributed by atoms with van der Waals surface area (Å²) in [5, 5.41) is 2.76. The van der Waals surface area contributed by atoms with Gasteiger partial charge in [0, 0.05) is 29.3 Å². The number of thioether (sulfide) groups is 1. The topological polar surface area (TPSA) is 47.8 Å². The molecule has 0 atom stereocenters. The van der Waals surface area contributed by atoms with Crippen LogP contribution in [0.5, 0.6) is 0 Å². The summed E-state index contributed by atoms with van der Waals surface area (Å²) in [6.07, 6.45) is 5.08. The van der Waals surface area contributed by atoms with Crippen molar-refractivity contribution in [2.24, 2.45) is 7.05 Å². The molecule has 0 saturated heterocycles. The molecule has 1 aliphatic carbocycles. The summed E-state index contributed by atoms with van der Waals surface area (Å²) in [6, 6.07) is 10.2. The lowest BCUT2D eigenvalue weighted by molar-refractivity contribution is 0.727. The summed E-state index contributed by atoms with van der Waals surface area (Å²) in [6.45, 7) is 0. The molecule has 0 unspecified atom stereocenters. The maximum atomic E-state index is 12.9. The minimum Gasteiger partial charge on any atom is -0.290 e. The van der Waals surface area contributed by atoms with E-state index in [1.54, 1.807) is 27.7 Å². The minimum atomic E-state index is 0.0907. The molecular weight excluding hydrogens is 362 g/mol. The molecule has 0 spiro atoms. The van der Waals surface area contributed by atoms with Crippen molar-refractivity contribution < 1.29 is 0 Å². The van der Waals surface area contributed by atoms with Gasteiger partial charge in [-0.3, -0.25) is 14.3 Å². The second kappa shape index (κ2) is 6.21. The number of hydrogen-bond donors (Lipinski definition) is 0. The third kappa shape index (κ3) is 2.47. The lowest BCUT2D eigenvalue weighted by Gasteiger charge is -2.09. The highest BCUT2D eigenvalue weighted by atomic mass is 32.2. The summed E-state index contributed by atoms with van der Waals surface area (Å²) in [5.74, 6) is 0.741. The monoisotopic (exact) mass is 379 g/mol. The molecule has 5 rings (SSSR count). The van der Waals surface area contributed by atoms with E-state index in [0.29, 0.717) is 0 Å². The van der Waals surface area contributed by atoms with Gasteiger partial charge in [-0.15, -0.1) is 11.3 Å². The number of benzene rings is 1. The third-order valence-electron chi connectivity index (χ3n) is 4.98. The summed E-state index contributed by atoms with van der Waals surface area (Å²) >= 11 is 3.30. The first-order valence-electron chi connectivity index (χ1n) is 8.69. The average molecular weight is 380 g/mol. The molecule has 4 aromatic rings. The Labute approximate surface area is 158 Å². The van der Waals surface area contributed by atoms with E-state index in [2.05, 4.69) is 29.2 Å². The maximum Gasteiger partial charge on any atom is 0.262 e. The number of hydrogen-bond acceptors (Lipinski definition) is 5. The van der Waals surface area contributed by atoms with Crippen LogP contribution in [0.1, 0.15) is 22.4 Å². The van der Waals surface area contributed by atoms with Gasteiger partial charge in [-0.2, -0.15) is 0 Å². The summed E-state index contributed by atoms with van der Waals surface area (Å²) in [5.41, 5.74) is 3.51. The predicted molar refractivity (Wildman–Crippen MR) is 108 cm³/mol. The van der Waals surface area contributed by atoms with E-state index in [1.807, 2.05) is 19.3 Å². The van der Waals surface area contributed by atoms with Crippen molar-refractivity contribution in [3.8, 4) is 0 Å². The Balaban J connectivity index is 1.54. The molecule has 0 amide bonds. The van der Waals surface area contributed by atoms with Gasteiger partial charge in [0.2, 0.25) is 0 Å². The van der Waals surface area contributed by atoms with E-state index >= 15 is 0 Å². The van der Waals surface area contributed by atoms with E-state index in [-0.39, 0.29) is 5.56 Å². The van der Waals surface area contributed by atoms with Crippen LogP contribution in [-0.2, 0) is 25.6 Å². The van der Waals surface area contributed by atoms with Crippen LogP contribution < -0.4 is 5.56 Å². The Kier molecular flexibility index (Phi) is 3.83. The highest BCUT2D eigenvalue weighted by molar-refractivity contribution is 7.98. The smallest absolute Gasteiger partial charge is 0.262 e. The molecule has 26 heavy (non-hydrogen) atoms. The number of rotatable bonds is 3. The SMILES string of the molecule is Cn1c(SCc2cccc3cccnc23)nc2sc3c(c2c1=O)CCC3. The second-order valence-corrected chi connectivity index (χ2v) is 8.60. The highest BCUT2D eigenvalue weighted by Crippen LogP contribution is 2.35. The number of pyridine rings is 1. The second-order valence-electron chi connectivity index (χ2n) is 6.58. The molecule has 0 saturated carbocycles. The summed E-state index contributed by atoms with van der Waals surface area (Å²) in [4.78, 5) is 24.5. The Hall–Kier alpha value is -2.18. The van der Waals surface area contributed by atoms with E-state index in [4.69, 9.17) is 4.98 Å². The maximum absolute atomic E-state index is 12.9. The Bertz CT molecular complexity index is 1200. The predicted octanol–water partition coefficient (Wildman–Crippen LogP) is 4.32. The van der Waals surface area contributed by atoms with Crippen LogP contribution in [0.2, 0.25) is 0 Å². The highest BCUT2D eigenvalue weighted by Gasteiger charge is 2.22. The van der Waals surface area contributed by atoms with Crippen molar-refractivity contribution in [2.45, 2.75) is 30.2 Å². The van der Waals surface area contributed by atoms with E-state index in [9.17, 15) is 4.79 Å². The number of thiophene rings is 1. The Morgan fingerprint density at radius 3 is 3.04 bits per heavy atom. The van der Waals surface area contributed by atoms with Crippen LogP contribution in [0.25, 0.3) is 21.1 Å². The zero-order valence-corrected chi connectivity index (χ0v) is 16.0. The van der Waals surface area contributed by atoms with Crippen LogP contribution in [0.3, 0.4) is 0 Å². The van der Waals surface area contributed by atoms with Crippen LogP contribution in [0, 0.1) is 0 Å². The molecule has 1 aromatic carbocycles. The largest absolute Gasteiger partial charge is 0.290 e. The lowest BCUT2D eigenvalue weighted by Crippen LogP contribution is -2.20. The van der Waals surface area contributed by atoms with Gasteiger partial charge in [-0.05, 0) is 36.5 Å². The fraction of sp³-hybridized carbons (Fsp3) is 0.250. The van der Waals surface area contributed by atoms with Gasteiger partial charge in [-0.1, -0.05) is 36.0 Å². The molecule has 3 heterocycles. The molecule has 4 nitrogen and oxygen atoms in total. The number of nitrogens with zero attached hydrogens (tertiary/aromatic N) is 3. The zero-order valence-electron chi connectivity index (χ0n) is 14.4. The van der Waals surface area contributed by atoms with Crippen LogP contribution in [0.15, 0.2) is 46.5 Å². The summed E-state index contributed by atoms with van der Waals surface area (Å²) in [7, 11) is 1.83.